The van der Waals surface area contributed by atoms with Crippen molar-refractivity contribution in [3.05, 3.63) is 51.2 Å². The first kappa shape index (κ1) is 12.9. The molecule has 0 radical (unpaired) electrons. The van der Waals surface area contributed by atoms with Gasteiger partial charge in [-0.05, 0) is 17.7 Å². The normalized spacial score (nSPS) is 10.3. The molecule has 2 N–H and O–H groups in total. The fourth-order valence-corrected chi connectivity index (χ4v) is 2.17. The molecule has 0 atom stereocenters. The first-order valence-corrected chi connectivity index (χ1v) is 6.60. The summed E-state index contributed by atoms with van der Waals surface area (Å²) in [7, 11) is 0. The molecule has 0 spiro atoms. The highest BCUT2D eigenvalue weighted by Gasteiger charge is 2.03. The molecule has 2 rings (SSSR count). The average molecular weight is 282 g/mol. The van der Waals surface area contributed by atoms with Crippen LogP contribution in [-0.4, -0.2) is 10.5 Å². The van der Waals surface area contributed by atoms with Gasteiger partial charge in [0.05, 0.1) is 0 Å². The molecule has 94 valence electrons. The molecular weight excluding hydrogens is 270 g/mol. The van der Waals surface area contributed by atoms with Crippen molar-refractivity contribution >= 4 is 28.8 Å². The lowest BCUT2D eigenvalue weighted by molar-refractivity contribution is -0.121. The Balaban J connectivity index is 1.87. The smallest absolute Gasteiger partial charge is 0.240 e. The van der Waals surface area contributed by atoms with Crippen LogP contribution < -0.4 is 10.1 Å². The van der Waals surface area contributed by atoms with E-state index < -0.39 is 0 Å². The third-order valence-corrected chi connectivity index (χ3v) is 3.37. The third-order valence-electron chi connectivity index (χ3n) is 2.40. The Morgan fingerprint density at radius 1 is 1.39 bits per heavy atom. The number of amides is 1. The Morgan fingerprint density at radius 3 is 2.72 bits per heavy atom. The molecule has 0 unspecified atom stereocenters. The minimum absolute atomic E-state index is 0.109. The van der Waals surface area contributed by atoms with Crippen molar-refractivity contribution in [3.8, 4) is 0 Å². The van der Waals surface area contributed by atoms with Crippen LogP contribution >= 0.6 is 22.9 Å². The molecule has 0 saturated heterocycles. The highest BCUT2D eigenvalue weighted by Crippen LogP contribution is 2.09. The fraction of sp³-hybridized carbons (Fsp3) is 0.167. The minimum atomic E-state index is -0.109. The molecule has 6 heteroatoms. The number of thiazole rings is 1. The number of hydrogen-bond donors (Lipinski definition) is 2. The Bertz CT molecular complexity index is 588. The summed E-state index contributed by atoms with van der Waals surface area (Å²) in [5, 5.41) is 12.8. The Kier molecular flexibility index (Phi) is 4.17. The number of hydrogen-bond acceptors (Lipinski definition) is 3. The van der Waals surface area contributed by atoms with Crippen LogP contribution in [0.2, 0.25) is 5.02 Å². The van der Waals surface area contributed by atoms with Crippen LogP contribution in [0.25, 0.3) is 0 Å². The van der Waals surface area contributed by atoms with Gasteiger partial charge in [0, 0.05) is 23.1 Å². The van der Waals surface area contributed by atoms with E-state index in [4.69, 9.17) is 17.0 Å². The molecule has 0 aliphatic carbocycles. The molecule has 2 aromatic rings. The summed E-state index contributed by atoms with van der Waals surface area (Å²) in [6.45, 7) is 0.643. The van der Waals surface area contributed by atoms with Crippen molar-refractivity contribution < 1.29 is 4.79 Å². The average Bonchev–Trinajstić information content (AvgIpc) is 2.74. The number of halogens is 1. The van der Waals surface area contributed by atoms with E-state index in [1.165, 1.54) is 11.3 Å². The number of nitrogens with one attached hydrogen (secondary N) is 2. The number of carbonyl (C=O) groups excluding carboxylic acids is 1. The van der Waals surface area contributed by atoms with Crippen LogP contribution in [0.5, 0.6) is 0 Å². The highest BCUT2D eigenvalue weighted by atomic mass is 35.5. The maximum Gasteiger partial charge on any atom is 0.240 e. The summed E-state index contributed by atoms with van der Waals surface area (Å²) in [4.78, 5) is 12.0. The summed E-state index contributed by atoms with van der Waals surface area (Å²) >= 11 is 7.07. The van der Waals surface area contributed by atoms with E-state index in [9.17, 15) is 4.79 Å². The lowest BCUT2D eigenvalue weighted by atomic mass is 10.2. The quantitative estimate of drug-likeness (QED) is 0.885. The fourth-order valence-electron chi connectivity index (χ4n) is 1.44. The third kappa shape index (κ3) is 3.45. The zero-order valence-corrected chi connectivity index (χ0v) is 11.1. The summed E-state index contributed by atoms with van der Waals surface area (Å²) in [6, 6.07) is 7.32. The van der Waals surface area contributed by atoms with E-state index in [1.54, 1.807) is 28.3 Å². The van der Waals surface area contributed by atoms with Crippen molar-refractivity contribution in [3.63, 3.8) is 0 Å². The van der Waals surface area contributed by atoms with Crippen LogP contribution in [0.15, 0.2) is 35.8 Å². The first-order chi connectivity index (χ1) is 8.65. The molecule has 1 amide bonds. The standard InChI is InChI=1S/C12H12ClN3OS/c13-10-3-1-9(2-4-10)7-15-11(17)8-16-5-6-18-12(16)14/h1-6,14H,7-8H2,(H,15,17). The number of carbonyl (C=O) groups is 1. The van der Waals surface area contributed by atoms with Gasteiger partial charge in [0.2, 0.25) is 5.91 Å². The Hall–Kier alpha value is -1.59. The summed E-state index contributed by atoms with van der Waals surface area (Å²) < 4.78 is 1.60. The monoisotopic (exact) mass is 281 g/mol. The van der Waals surface area contributed by atoms with Crippen molar-refractivity contribution in [2.45, 2.75) is 13.1 Å². The van der Waals surface area contributed by atoms with Gasteiger partial charge >= 0.3 is 0 Å². The molecule has 1 aromatic carbocycles. The van der Waals surface area contributed by atoms with E-state index in [0.29, 0.717) is 16.4 Å². The van der Waals surface area contributed by atoms with E-state index in [1.807, 2.05) is 12.1 Å². The van der Waals surface area contributed by atoms with Crippen molar-refractivity contribution in [1.29, 1.82) is 5.41 Å². The van der Waals surface area contributed by atoms with Crippen LogP contribution in [0.3, 0.4) is 0 Å². The van der Waals surface area contributed by atoms with E-state index in [2.05, 4.69) is 5.32 Å². The predicted molar refractivity (Wildman–Crippen MR) is 71.5 cm³/mol. The second kappa shape index (κ2) is 5.84. The van der Waals surface area contributed by atoms with Gasteiger partial charge < -0.3 is 9.88 Å². The second-order valence-corrected chi connectivity index (χ2v) is 5.07. The first-order valence-electron chi connectivity index (χ1n) is 5.35. The van der Waals surface area contributed by atoms with E-state index in [0.717, 1.165) is 5.56 Å². The predicted octanol–water partition coefficient (Wildman–Crippen LogP) is 2.00. The molecule has 0 aliphatic rings. The lowest BCUT2D eigenvalue weighted by Crippen LogP contribution is -2.29. The van der Waals surface area contributed by atoms with Crippen LogP contribution in [-0.2, 0) is 17.9 Å². The molecule has 4 nitrogen and oxygen atoms in total. The molecule has 0 bridgehead atoms. The number of aromatic nitrogens is 1. The van der Waals surface area contributed by atoms with Gasteiger partial charge in [0.15, 0.2) is 4.80 Å². The van der Waals surface area contributed by atoms with Crippen molar-refractivity contribution in [1.82, 2.24) is 9.88 Å². The Morgan fingerprint density at radius 2 is 2.11 bits per heavy atom. The molecule has 0 aliphatic heterocycles. The van der Waals surface area contributed by atoms with E-state index in [-0.39, 0.29) is 12.5 Å². The van der Waals surface area contributed by atoms with Gasteiger partial charge in [-0.25, -0.2) is 0 Å². The van der Waals surface area contributed by atoms with Crippen LogP contribution in [0, 0.1) is 5.41 Å². The minimum Gasteiger partial charge on any atom is -0.350 e. The Labute approximate surface area is 113 Å². The zero-order valence-electron chi connectivity index (χ0n) is 9.52. The zero-order chi connectivity index (χ0) is 13.0. The maximum absolute atomic E-state index is 11.7. The van der Waals surface area contributed by atoms with Crippen molar-refractivity contribution in [2.75, 3.05) is 0 Å². The lowest BCUT2D eigenvalue weighted by Gasteiger charge is -2.06. The maximum atomic E-state index is 11.7. The summed E-state index contributed by atoms with van der Waals surface area (Å²) in [5.74, 6) is -0.109. The van der Waals surface area contributed by atoms with Crippen LogP contribution in [0.1, 0.15) is 5.56 Å². The van der Waals surface area contributed by atoms with Gasteiger partial charge in [0.25, 0.3) is 0 Å². The number of rotatable bonds is 4. The van der Waals surface area contributed by atoms with Gasteiger partial charge in [-0.2, -0.15) is 0 Å². The molecule has 18 heavy (non-hydrogen) atoms. The van der Waals surface area contributed by atoms with Gasteiger partial charge in [-0.3, -0.25) is 10.2 Å². The van der Waals surface area contributed by atoms with E-state index >= 15 is 0 Å². The topological polar surface area (TPSA) is 57.9 Å². The largest absolute Gasteiger partial charge is 0.350 e. The van der Waals surface area contributed by atoms with Crippen LogP contribution in [0.4, 0.5) is 0 Å². The molecular formula is C12H12ClN3OS. The molecule has 0 saturated carbocycles. The number of benzene rings is 1. The SMILES string of the molecule is N=c1sccn1CC(=O)NCc1ccc(Cl)cc1. The molecule has 1 aromatic heterocycles. The van der Waals surface area contributed by atoms with Gasteiger partial charge in [-0.1, -0.05) is 23.7 Å². The molecule has 0 fully saturated rings. The van der Waals surface area contributed by atoms with Gasteiger partial charge in [-0.15, -0.1) is 11.3 Å². The highest BCUT2D eigenvalue weighted by molar-refractivity contribution is 7.06. The second-order valence-electron chi connectivity index (χ2n) is 3.74. The molecule has 1 heterocycles. The summed E-state index contributed by atoms with van der Waals surface area (Å²) in [6.07, 6.45) is 1.73. The summed E-state index contributed by atoms with van der Waals surface area (Å²) in [5.41, 5.74) is 0.995. The van der Waals surface area contributed by atoms with Gasteiger partial charge in [0.1, 0.15) is 6.54 Å². The number of nitrogens with zero attached hydrogens (tertiary/aromatic N) is 1. The van der Waals surface area contributed by atoms with Crippen molar-refractivity contribution in [2.24, 2.45) is 0 Å².